The molecule has 0 bridgehead atoms. The Balaban J connectivity index is 1.85. The van der Waals surface area contributed by atoms with Crippen molar-refractivity contribution in [1.29, 1.82) is 0 Å². The van der Waals surface area contributed by atoms with Crippen molar-refractivity contribution < 1.29 is 4.79 Å². The molecule has 4 nitrogen and oxygen atoms in total. The van der Waals surface area contributed by atoms with E-state index in [0.29, 0.717) is 17.3 Å². The average molecular weight is 291 g/mol. The van der Waals surface area contributed by atoms with Gasteiger partial charge < -0.3 is 15.6 Å². The number of nitrogens with two attached hydrogens (primary N) is 1. The molecule has 0 radical (unpaired) electrons. The third kappa shape index (κ3) is 4.26. The highest BCUT2D eigenvalue weighted by molar-refractivity contribution is 5.93. The summed E-state index contributed by atoms with van der Waals surface area (Å²) in [6.07, 6.45) is 9.27. The summed E-state index contributed by atoms with van der Waals surface area (Å²) in [7, 11) is 0. The molecule has 1 aliphatic rings. The summed E-state index contributed by atoms with van der Waals surface area (Å²) in [4.78, 5) is 12.3. The number of nitrogens with one attached hydrogen (secondary N) is 1. The molecule has 0 aliphatic heterocycles. The van der Waals surface area contributed by atoms with E-state index in [9.17, 15) is 4.79 Å². The Hall–Kier alpha value is -1.45. The molecule has 1 amide bonds. The minimum absolute atomic E-state index is 0.0118. The SMILES string of the molecule is CCCn1cc(N)cc1C(=O)NCC1CCC(CC)CC1. The Labute approximate surface area is 128 Å². The van der Waals surface area contributed by atoms with Crippen LogP contribution in [0.1, 0.15) is 62.9 Å². The molecule has 21 heavy (non-hydrogen) atoms. The summed E-state index contributed by atoms with van der Waals surface area (Å²) in [6, 6.07) is 1.78. The number of rotatable bonds is 6. The normalized spacial score (nSPS) is 22.2. The molecule has 1 saturated carbocycles. The van der Waals surface area contributed by atoms with Gasteiger partial charge in [-0.1, -0.05) is 33.1 Å². The Morgan fingerprint density at radius 1 is 1.29 bits per heavy atom. The Kier molecular flexibility index (Phi) is 5.71. The molecule has 3 N–H and O–H groups in total. The number of aromatic nitrogens is 1. The molecule has 1 aromatic heterocycles. The van der Waals surface area contributed by atoms with Crippen molar-refractivity contribution in [2.24, 2.45) is 11.8 Å². The number of nitrogen functional groups attached to an aromatic ring is 1. The first kappa shape index (κ1) is 15.9. The second kappa shape index (κ2) is 7.53. The quantitative estimate of drug-likeness (QED) is 0.843. The molecule has 4 heteroatoms. The molecule has 118 valence electrons. The van der Waals surface area contributed by atoms with E-state index in [1.807, 2.05) is 10.8 Å². The van der Waals surface area contributed by atoms with Gasteiger partial charge in [0.25, 0.3) is 5.91 Å². The molecule has 1 fully saturated rings. The summed E-state index contributed by atoms with van der Waals surface area (Å²) in [5, 5.41) is 3.10. The van der Waals surface area contributed by atoms with Crippen molar-refractivity contribution in [2.45, 2.75) is 58.9 Å². The van der Waals surface area contributed by atoms with Crippen molar-refractivity contribution >= 4 is 11.6 Å². The number of hydrogen-bond donors (Lipinski definition) is 2. The molecule has 0 saturated heterocycles. The van der Waals surface area contributed by atoms with Crippen LogP contribution in [-0.4, -0.2) is 17.0 Å². The highest BCUT2D eigenvalue weighted by atomic mass is 16.1. The fourth-order valence-corrected chi connectivity index (χ4v) is 3.32. The predicted molar refractivity (Wildman–Crippen MR) is 87.2 cm³/mol. The molecule has 1 heterocycles. The first-order valence-electron chi connectivity index (χ1n) is 8.37. The van der Waals surface area contributed by atoms with Gasteiger partial charge in [-0.3, -0.25) is 4.79 Å². The van der Waals surface area contributed by atoms with Crippen molar-refractivity contribution in [3.8, 4) is 0 Å². The predicted octanol–water partition coefficient (Wildman–Crippen LogP) is 3.43. The average Bonchev–Trinajstić information content (AvgIpc) is 2.86. The van der Waals surface area contributed by atoms with E-state index in [1.54, 1.807) is 6.07 Å². The van der Waals surface area contributed by atoms with Gasteiger partial charge in [0.1, 0.15) is 5.69 Å². The van der Waals surface area contributed by atoms with Gasteiger partial charge in [-0.25, -0.2) is 0 Å². The van der Waals surface area contributed by atoms with Crippen LogP contribution in [0.2, 0.25) is 0 Å². The summed E-state index contributed by atoms with van der Waals surface area (Å²) in [5.74, 6) is 1.56. The molecular weight excluding hydrogens is 262 g/mol. The van der Waals surface area contributed by atoms with Crippen LogP contribution in [-0.2, 0) is 6.54 Å². The van der Waals surface area contributed by atoms with Gasteiger partial charge in [0.05, 0.1) is 5.69 Å². The van der Waals surface area contributed by atoms with Crippen LogP contribution >= 0.6 is 0 Å². The first-order valence-corrected chi connectivity index (χ1v) is 8.37. The van der Waals surface area contributed by atoms with Gasteiger partial charge in [-0.05, 0) is 37.2 Å². The standard InChI is InChI=1S/C17H29N3O/c1-3-9-20-12-15(18)10-16(20)17(21)19-11-14-7-5-13(4-2)6-8-14/h10,12-14H,3-9,11,18H2,1-2H3,(H,19,21). The van der Waals surface area contributed by atoms with Crippen molar-refractivity contribution in [3.63, 3.8) is 0 Å². The monoisotopic (exact) mass is 291 g/mol. The fourth-order valence-electron chi connectivity index (χ4n) is 3.32. The molecule has 0 atom stereocenters. The summed E-state index contributed by atoms with van der Waals surface area (Å²) >= 11 is 0. The molecule has 2 rings (SSSR count). The van der Waals surface area contributed by atoms with Crippen LogP contribution in [0, 0.1) is 11.8 Å². The highest BCUT2D eigenvalue weighted by Crippen LogP contribution is 2.30. The van der Waals surface area contributed by atoms with Crippen molar-refractivity contribution in [2.75, 3.05) is 12.3 Å². The van der Waals surface area contributed by atoms with Gasteiger partial charge in [0, 0.05) is 19.3 Å². The van der Waals surface area contributed by atoms with E-state index in [2.05, 4.69) is 19.2 Å². The molecule has 0 spiro atoms. The summed E-state index contributed by atoms with van der Waals surface area (Å²) < 4.78 is 1.96. The van der Waals surface area contributed by atoms with E-state index >= 15 is 0 Å². The second-order valence-corrected chi connectivity index (χ2v) is 6.36. The zero-order valence-corrected chi connectivity index (χ0v) is 13.4. The Bertz CT molecular complexity index is 459. The maximum atomic E-state index is 12.3. The molecule has 0 aromatic carbocycles. The largest absolute Gasteiger partial charge is 0.397 e. The van der Waals surface area contributed by atoms with Gasteiger partial charge in [0.2, 0.25) is 0 Å². The first-order chi connectivity index (χ1) is 10.1. The lowest BCUT2D eigenvalue weighted by Crippen LogP contribution is -2.32. The number of anilines is 1. The van der Waals surface area contributed by atoms with E-state index < -0.39 is 0 Å². The topological polar surface area (TPSA) is 60.0 Å². The minimum atomic E-state index is 0.0118. The molecular formula is C17H29N3O. The smallest absolute Gasteiger partial charge is 0.267 e. The minimum Gasteiger partial charge on any atom is -0.397 e. The molecule has 0 unspecified atom stereocenters. The van der Waals surface area contributed by atoms with E-state index in [4.69, 9.17) is 5.73 Å². The van der Waals surface area contributed by atoms with E-state index in [-0.39, 0.29) is 5.91 Å². The van der Waals surface area contributed by atoms with E-state index in [1.165, 1.54) is 32.1 Å². The van der Waals surface area contributed by atoms with Crippen LogP contribution in [0.3, 0.4) is 0 Å². The Morgan fingerprint density at radius 3 is 2.57 bits per heavy atom. The van der Waals surface area contributed by atoms with Crippen LogP contribution < -0.4 is 11.1 Å². The summed E-state index contributed by atoms with van der Waals surface area (Å²) in [5.41, 5.74) is 7.17. The number of aryl methyl sites for hydroxylation is 1. The Morgan fingerprint density at radius 2 is 1.95 bits per heavy atom. The molecule has 1 aromatic rings. The van der Waals surface area contributed by atoms with Crippen LogP contribution in [0.4, 0.5) is 5.69 Å². The van der Waals surface area contributed by atoms with Gasteiger partial charge >= 0.3 is 0 Å². The summed E-state index contributed by atoms with van der Waals surface area (Å²) in [6.45, 7) is 6.01. The maximum Gasteiger partial charge on any atom is 0.267 e. The highest BCUT2D eigenvalue weighted by Gasteiger charge is 2.21. The second-order valence-electron chi connectivity index (χ2n) is 6.36. The van der Waals surface area contributed by atoms with Crippen LogP contribution in [0.25, 0.3) is 0 Å². The number of hydrogen-bond acceptors (Lipinski definition) is 2. The van der Waals surface area contributed by atoms with Gasteiger partial charge in [-0.2, -0.15) is 0 Å². The number of carbonyl (C=O) groups is 1. The van der Waals surface area contributed by atoms with E-state index in [0.717, 1.165) is 25.4 Å². The van der Waals surface area contributed by atoms with Gasteiger partial charge in [-0.15, -0.1) is 0 Å². The maximum absolute atomic E-state index is 12.3. The third-order valence-corrected chi connectivity index (χ3v) is 4.71. The number of nitrogens with zero attached hydrogens (tertiary/aromatic N) is 1. The zero-order valence-electron chi connectivity index (χ0n) is 13.4. The number of amides is 1. The van der Waals surface area contributed by atoms with Crippen LogP contribution in [0.5, 0.6) is 0 Å². The fraction of sp³-hybridized carbons (Fsp3) is 0.706. The lowest BCUT2D eigenvalue weighted by molar-refractivity contribution is 0.0931. The number of carbonyl (C=O) groups excluding carboxylic acids is 1. The lowest BCUT2D eigenvalue weighted by atomic mass is 9.81. The van der Waals surface area contributed by atoms with Gasteiger partial charge in [0.15, 0.2) is 0 Å². The third-order valence-electron chi connectivity index (χ3n) is 4.71. The molecule has 1 aliphatic carbocycles. The zero-order chi connectivity index (χ0) is 15.2. The van der Waals surface area contributed by atoms with Crippen LogP contribution in [0.15, 0.2) is 12.3 Å². The lowest BCUT2D eigenvalue weighted by Gasteiger charge is -2.27. The van der Waals surface area contributed by atoms with Crippen molar-refractivity contribution in [1.82, 2.24) is 9.88 Å². The van der Waals surface area contributed by atoms with Crippen molar-refractivity contribution in [3.05, 3.63) is 18.0 Å².